The van der Waals surface area contributed by atoms with E-state index < -0.39 is 5.91 Å². The molecule has 0 unspecified atom stereocenters. The van der Waals surface area contributed by atoms with E-state index in [0.717, 1.165) is 0 Å². The minimum Gasteiger partial charge on any atom is -0.505 e. The molecule has 0 fully saturated rings. The first kappa shape index (κ1) is 18.3. The van der Waals surface area contributed by atoms with Crippen molar-refractivity contribution in [3.63, 3.8) is 0 Å². The van der Waals surface area contributed by atoms with Gasteiger partial charge in [0.1, 0.15) is 0 Å². The summed E-state index contributed by atoms with van der Waals surface area (Å²) in [6.07, 6.45) is 0. The summed E-state index contributed by atoms with van der Waals surface area (Å²) in [5.41, 5.74) is 0.690. The number of halogens is 4. The fourth-order valence-electron chi connectivity index (χ4n) is 1.64. The smallest absolute Gasteiger partial charge is 0.258 e. The van der Waals surface area contributed by atoms with Gasteiger partial charge in [-0.3, -0.25) is 10.1 Å². The monoisotopic (exact) mass is 452 g/mol. The molecule has 120 valence electrons. The fourth-order valence-corrected chi connectivity index (χ4v) is 2.90. The van der Waals surface area contributed by atoms with Crippen molar-refractivity contribution in [1.29, 1.82) is 0 Å². The Kier molecular flexibility index (Phi) is 6.11. The lowest BCUT2D eigenvalue weighted by atomic mass is 10.2. The van der Waals surface area contributed by atoms with Gasteiger partial charge in [0, 0.05) is 10.2 Å². The molecule has 0 atom stereocenters. The van der Waals surface area contributed by atoms with Gasteiger partial charge < -0.3 is 10.4 Å². The molecule has 0 aromatic heterocycles. The van der Waals surface area contributed by atoms with Crippen LogP contribution in [0.5, 0.6) is 5.75 Å². The summed E-state index contributed by atoms with van der Waals surface area (Å²) in [5.74, 6) is -0.695. The SMILES string of the molecule is O=C(NC(=S)Nc1cc(Cl)c(O)c(Cl)c1)c1cc(Br)ccc1Cl. The number of carbonyl (C=O) groups is 1. The van der Waals surface area contributed by atoms with E-state index in [9.17, 15) is 9.90 Å². The standard InChI is InChI=1S/C14H8BrCl3N2O2S/c15-6-1-2-9(16)8(3-6)13(22)20-14(23)19-7-4-10(17)12(21)11(18)5-7/h1-5,21H,(H2,19,20,22,23). The van der Waals surface area contributed by atoms with Crippen molar-refractivity contribution in [2.45, 2.75) is 0 Å². The van der Waals surface area contributed by atoms with Crippen molar-refractivity contribution in [2.24, 2.45) is 0 Å². The summed E-state index contributed by atoms with van der Waals surface area (Å²) in [6, 6.07) is 7.74. The second-order valence-corrected chi connectivity index (χ2v) is 6.87. The lowest BCUT2D eigenvalue weighted by Crippen LogP contribution is -2.34. The second kappa shape index (κ2) is 7.68. The molecule has 0 bridgehead atoms. The minimum atomic E-state index is -0.468. The van der Waals surface area contributed by atoms with Crippen LogP contribution in [0.3, 0.4) is 0 Å². The Morgan fingerprint density at radius 3 is 2.30 bits per heavy atom. The van der Waals surface area contributed by atoms with Gasteiger partial charge in [-0.05, 0) is 42.5 Å². The number of benzene rings is 2. The van der Waals surface area contributed by atoms with E-state index in [0.29, 0.717) is 15.2 Å². The molecule has 0 heterocycles. The van der Waals surface area contributed by atoms with Crippen LogP contribution in [0, 0.1) is 0 Å². The van der Waals surface area contributed by atoms with Gasteiger partial charge in [0.05, 0.1) is 20.6 Å². The molecule has 23 heavy (non-hydrogen) atoms. The number of hydrogen-bond donors (Lipinski definition) is 3. The zero-order chi connectivity index (χ0) is 17.1. The highest BCUT2D eigenvalue weighted by atomic mass is 79.9. The Morgan fingerprint density at radius 2 is 1.70 bits per heavy atom. The largest absolute Gasteiger partial charge is 0.505 e. The number of rotatable bonds is 2. The quantitative estimate of drug-likeness (QED) is 0.429. The van der Waals surface area contributed by atoms with E-state index in [1.165, 1.54) is 12.1 Å². The highest BCUT2D eigenvalue weighted by molar-refractivity contribution is 9.10. The number of phenolic OH excluding ortho intramolecular Hbond substituents is 1. The second-order valence-electron chi connectivity index (χ2n) is 4.32. The fraction of sp³-hybridized carbons (Fsp3) is 0. The first-order valence-electron chi connectivity index (χ1n) is 6.03. The molecular weight excluding hydrogens is 446 g/mol. The normalized spacial score (nSPS) is 10.3. The van der Waals surface area contributed by atoms with Gasteiger partial charge in [0.25, 0.3) is 5.91 Å². The number of phenols is 1. The molecule has 0 radical (unpaired) electrons. The van der Waals surface area contributed by atoms with Gasteiger partial charge in [-0.15, -0.1) is 0 Å². The van der Waals surface area contributed by atoms with Gasteiger partial charge in [-0.2, -0.15) is 0 Å². The van der Waals surface area contributed by atoms with E-state index in [4.69, 9.17) is 47.0 Å². The molecule has 0 saturated heterocycles. The van der Waals surface area contributed by atoms with Crippen LogP contribution in [0.2, 0.25) is 15.1 Å². The topological polar surface area (TPSA) is 61.4 Å². The summed E-state index contributed by atoms with van der Waals surface area (Å²) in [4.78, 5) is 12.2. The summed E-state index contributed by atoms with van der Waals surface area (Å²) < 4.78 is 0.711. The van der Waals surface area contributed by atoms with Crippen LogP contribution in [0.4, 0.5) is 5.69 Å². The maximum Gasteiger partial charge on any atom is 0.258 e. The number of hydrogen-bond acceptors (Lipinski definition) is 3. The van der Waals surface area contributed by atoms with Crippen molar-refractivity contribution >= 4 is 79.7 Å². The number of aromatic hydroxyl groups is 1. The molecule has 0 aliphatic carbocycles. The molecular formula is C14H8BrCl3N2O2S. The van der Waals surface area contributed by atoms with Crippen molar-refractivity contribution in [3.8, 4) is 5.75 Å². The lowest BCUT2D eigenvalue weighted by Gasteiger charge is -2.12. The maximum absolute atomic E-state index is 12.2. The first-order valence-corrected chi connectivity index (χ1v) is 8.37. The molecule has 4 nitrogen and oxygen atoms in total. The summed E-state index contributed by atoms with van der Waals surface area (Å²) in [7, 11) is 0. The third-order valence-electron chi connectivity index (χ3n) is 2.67. The first-order chi connectivity index (χ1) is 10.8. The predicted molar refractivity (Wildman–Crippen MR) is 101 cm³/mol. The van der Waals surface area contributed by atoms with Crippen molar-refractivity contribution in [1.82, 2.24) is 5.32 Å². The van der Waals surface area contributed by atoms with Gasteiger partial charge in [-0.1, -0.05) is 50.7 Å². The zero-order valence-electron chi connectivity index (χ0n) is 11.2. The van der Waals surface area contributed by atoms with Crippen molar-refractivity contribution < 1.29 is 9.90 Å². The lowest BCUT2D eigenvalue weighted by molar-refractivity contribution is 0.0978. The molecule has 1 amide bonds. The van der Waals surface area contributed by atoms with Gasteiger partial charge >= 0.3 is 0 Å². The molecule has 0 spiro atoms. The number of anilines is 1. The Balaban J connectivity index is 2.10. The Hall–Kier alpha value is -1.05. The van der Waals surface area contributed by atoms with Crippen LogP contribution < -0.4 is 10.6 Å². The van der Waals surface area contributed by atoms with Crippen LogP contribution >= 0.6 is 63.0 Å². The van der Waals surface area contributed by atoms with Crippen molar-refractivity contribution in [3.05, 3.63) is 55.4 Å². The Labute approximate surface area is 160 Å². The van der Waals surface area contributed by atoms with Crippen LogP contribution in [0.1, 0.15) is 10.4 Å². The summed E-state index contributed by atoms with van der Waals surface area (Å²) in [5, 5.41) is 15.2. The van der Waals surface area contributed by atoms with Crippen LogP contribution in [0.15, 0.2) is 34.8 Å². The number of nitrogens with one attached hydrogen (secondary N) is 2. The van der Waals surface area contributed by atoms with Crippen LogP contribution in [0.25, 0.3) is 0 Å². The summed E-state index contributed by atoms with van der Waals surface area (Å²) >= 11 is 25.9. The zero-order valence-corrected chi connectivity index (χ0v) is 15.8. The van der Waals surface area contributed by atoms with E-state index in [2.05, 4.69) is 26.6 Å². The molecule has 0 saturated carbocycles. The summed E-state index contributed by atoms with van der Waals surface area (Å²) in [6.45, 7) is 0. The van der Waals surface area contributed by atoms with E-state index in [1.54, 1.807) is 18.2 Å². The van der Waals surface area contributed by atoms with Gasteiger partial charge in [0.2, 0.25) is 0 Å². The Morgan fingerprint density at radius 1 is 1.09 bits per heavy atom. The molecule has 0 aliphatic rings. The van der Waals surface area contributed by atoms with Gasteiger partial charge in [-0.25, -0.2) is 0 Å². The van der Waals surface area contributed by atoms with E-state index in [-0.39, 0.29) is 26.5 Å². The average molecular weight is 455 g/mol. The van der Waals surface area contributed by atoms with Crippen LogP contribution in [-0.2, 0) is 0 Å². The molecule has 0 aliphatic heterocycles. The Bertz CT molecular complexity index is 779. The third-order valence-corrected chi connectivity index (χ3v) is 4.28. The van der Waals surface area contributed by atoms with E-state index in [1.807, 2.05) is 0 Å². The molecule has 9 heteroatoms. The molecule has 2 aromatic rings. The number of thiocarbonyl (C=S) groups is 1. The average Bonchev–Trinajstić information content (AvgIpc) is 2.46. The van der Waals surface area contributed by atoms with Crippen molar-refractivity contribution in [2.75, 3.05) is 5.32 Å². The minimum absolute atomic E-state index is 0.0314. The molecule has 2 aromatic carbocycles. The maximum atomic E-state index is 12.2. The third kappa shape index (κ3) is 4.71. The molecule has 2 rings (SSSR count). The highest BCUT2D eigenvalue weighted by Crippen LogP contribution is 2.34. The predicted octanol–water partition coefficient (Wildman–Crippen LogP) is 5.24. The highest BCUT2D eigenvalue weighted by Gasteiger charge is 2.13. The number of amides is 1. The van der Waals surface area contributed by atoms with Gasteiger partial charge in [0.15, 0.2) is 10.9 Å². The number of carbonyl (C=O) groups excluding carboxylic acids is 1. The molecule has 3 N–H and O–H groups in total. The van der Waals surface area contributed by atoms with Crippen LogP contribution in [-0.4, -0.2) is 16.1 Å². The van der Waals surface area contributed by atoms with E-state index >= 15 is 0 Å².